The van der Waals surface area contributed by atoms with Crippen LogP contribution in [0.3, 0.4) is 0 Å². The minimum absolute atomic E-state index is 0.222. The van der Waals surface area contributed by atoms with E-state index in [1.165, 1.54) is 6.26 Å². The molecule has 3 rings (SSSR count). The largest absolute Gasteiger partial charge is 0.467 e. The number of carbonyl (C=O) groups is 2. The lowest BCUT2D eigenvalue weighted by molar-refractivity contribution is 0.0949. The van der Waals surface area contributed by atoms with E-state index in [0.717, 1.165) is 12.8 Å². The third-order valence-electron chi connectivity index (χ3n) is 3.50. The maximum absolute atomic E-state index is 12.2. The van der Waals surface area contributed by atoms with Crippen LogP contribution < -0.4 is 16.4 Å². The molecule has 6 nitrogen and oxygen atoms in total. The molecule has 4 N–H and O–H groups in total. The lowest BCUT2D eigenvalue weighted by Gasteiger charge is -2.09. The smallest absolute Gasteiger partial charge is 0.258 e. The zero-order valence-corrected chi connectivity index (χ0v) is 13.0. The van der Waals surface area contributed by atoms with Gasteiger partial charge >= 0.3 is 0 Å². The molecule has 2 amide bonds. The summed E-state index contributed by atoms with van der Waals surface area (Å²) in [5, 5.41) is 5.92. The van der Waals surface area contributed by atoms with E-state index in [1.54, 1.807) is 24.3 Å². The van der Waals surface area contributed by atoms with Crippen molar-refractivity contribution in [3.8, 4) is 0 Å². The molecule has 0 atom stereocenters. The van der Waals surface area contributed by atoms with E-state index in [0.29, 0.717) is 27.6 Å². The molecule has 2 aromatic rings. The van der Waals surface area contributed by atoms with E-state index in [-0.39, 0.29) is 24.4 Å². The van der Waals surface area contributed by atoms with Gasteiger partial charge in [-0.3, -0.25) is 9.59 Å². The second-order valence-corrected chi connectivity index (χ2v) is 5.81. The summed E-state index contributed by atoms with van der Waals surface area (Å²) in [4.78, 5) is 24.3. The molecule has 1 aromatic carbocycles. The van der Waals surface area contributed by atoms with Crippen LogP contribution >= 0.6 is 11.6 Å². The van der Waals surface area contributed by atoms with Crippen LogP contribution in [0.5, 0.6) is 0 Å². The Bertz CT molecular complexity index is 753. The van der Waals surface area contributed by atoms with Gasteiger partial charge in [0.05, 0.1) is 22.7 Å². The Morgan fingerprint density at radius 1 is 1.26 bits per heavy atom. The number of hydrogen-bond donors (Lipinski definition) is 3. The highest BCUT2D eigenvalue weighted by atomic mass is 35.5. The number of hydrogen-bond acceptors (Lipinski definition) is 4. The Hall–Kier alpha value is -2.31. The number of nitrogens with one attached hydrogen (secondary N) is 2. The molecule has 0 saturated heterocycles. The fraction of sp³-hybridized carbons (Fsp3) is 0.250. The lowest BCUT2D eigenvalue weighted by atomic mass is 10.1. The number of nitrogens with two attached hydrogens (primary N) is 1. The Labute approximate surface area is 138 Å². The molecule has 0 aliphatic heterocycles. The number of halogens is 1. The molecule has 0 spiro atoms. The van der Waals surface area contributed by atoms with Crippen molar-refractivity contribution in [2.75, 3.05) is 5.32 Å². The van der Waals surface area contributed by atoms with Crippen LogP contribution in [0.2, 0.25) is 5.02 Å². The first-order valence-corrected chi connectivity index (χ1v) is 7.64. The summed E-state index contributed by atoms with van der Waals surface area (Å²) in [6.45, 7) is 0.222. The van der Waals surface area contributed by atoms with Gasteiger partial charge in [0.2, 0.25) is 0 Å². The summed E-state index contributed by atoms with van der Waals surface area (Å²) in [5.74, 6) is -0.0533. The van der Waals surface area contributed by atoms with Crippen molar-refractivity contribution in [2.45, 2.75) is 25.4 Å². The topological polar surface area (TPSA) is 97.4 Å². The van der Waals surface area contributed by atoms with Crippen molar-refractivity contribution in [1.29, 1.82) is 0 Å². The van der Waals surface area contributed by atoms with Gasteiger partial charge in [0.15, 0.2) is 0 Å². The summed E-state index contributed by atoms with van der Waals surface area (Å²) < 4.78 is 5.13. The highest BCUT2D eigenvalue weighted by Gasteiger charge is 2.25. The van der Waals surface area contributed by atoms with Gasteiger partial charge in [0, 0.05) is 11.7 Å². The first kappa shape index (κ1) is 15.6. The van der Waals surface area contributed by atoms with Crippen molar-refractivity contribution in [3.63, 3.8) is 0 Å². The number of carbonyl (C=O) groups excluding carboxylic acids is 2. The van der Waals surface area contributed by atoms with Crippen LogP contribution in [0.25, 0.3) is 0 Å². The number of benzene rings is 1. The Morgan fingerprint density at radius 3 is 2.70 bits per heavy atom. The van der Waals surface area contributed by atoms with E-state index >= 15 is 0 Å². The van der Waals surface area contributed by atoms with Crippen molar-refractivity contribution >= 4 is 29.1 Å². The van der Waals surface area contributed by atoms with Crippen LogP contribution in [-0.2, 0) is 6.54 Å². The Kier molecular flexibility index (Phi) is 4.36. The maximum Gasteiger partial charge on any atom is 0.258 e. The van der Waals surface area contributed by atoms with Gasteiger partial charge in [-0.2, -0.15) is 0 Å². The third-order valence-corrected chi connectivity index (χ3v) is 3.83. The predicted molar refractivity (Wildman–Crippen MR) is 86.5 cm³/mol. The SMILES string of the molecule is NCc1cc(C(=O)Nc2ccc(Cl)c(C(=O)NC3CC3)c2)co1. The molecule has 1 aromatic heterocycles. The molecule has 1 aliphatic carbocycles. The summed E-state index contributed by atoms with van der Waals surface area (Å²) in [6, 6.07) is 6.59. The van der Waals surface area contributed by atoms with E-state index in [4.69, 9.17) is 21.8 Å². The molecular weight excluding hydrogens is 318 g/mol. The van der Waals surface area contributed by atoms with Gasteiger partial charge in [-0.15, -0.1) is 0 Å². The van der Waals surface area contributed by atoms with Crippen LogP contribution in [0.1, 0.15) is 39.3 Å². The second-order valence-electron chi connectivity index (χ2n) is 5.40. The normalized spacial score (nSPS) is 13.7. The van der Waals surface area contributed by atoms with Crippen LogP contribution in [-0.4, -0.2) is 17.9 Å². The fourth-order valence-electron chi connectivity index (χ4n) is 2.08. The van der Waals surface area contributed by atoms with E-state index in [2.05, 4.69) is 10.6 Å². The molecule has 1 heterocycles. The number of amides is 2. The predicted octanol–water partition coefficient (Wildman–Crippen LogP) is 2.54. The van der Waals surface area contributed by atoms with Gasteiger partial charge in [-0.05, 0) is 37.1 Å². The highest BCUT2D eigenvalue weighted by Crippen LogP contribution is 2.24. The van der Waals surface area contributed by atoms with E-state index < -0.39 is 0 Å². The monoisotopic (exact) mass is 333 g/mol. The first-order valence-electron chi connectivity index (χ1n) is 7.26. The minimum Gasteiger partial charge on any atom is -0.467 e. The molecule has 1 saturated carbocycles. The second kappa shape index (κ2) is 6.44. The van der Waals surface area contributed by atoms with Crippen LogP contribution in [0.15, 0.2) is 34.9 Å². The van der Waals surface area contributed by atoms with Crippen molar-refractivity contribution in [2.24, 2.45) is 5.73 Å². The molecule has 0 radical (unpaired) electrons. The number of furan rings is 1. The molecule has 1 fully saturated rings. The summed E-state index contributed by atoms with van der Waals surface area (Å²) >= 11 is 6.07. The fourth-order valence-corrected chi connectivity index (χ4v) is 2.28. The first-order chi connectivity index (χ1) is 11.1. The van der Waals surface area contributed by atoms with E-state index in [1.807, 2.05) is 0 Å². The van der Waals surface area contributed by atoms with Crippen molar-refractivity contribution < 1.29 is 14.0 Å². The minimum atomic E-state index is -0.343. The van der Waals surface area contributed by atoms with E-state index in [9.17, 15) is 9.59 Å². The Morgan fingerprint density at radius 2 is 2.04 bits per heavy atom. The van der Waals surface area contributed by atoms with Crippen LogP contribution in [0.4, 0.5) is 5.69 Å². The number of anilines is 1. The third kappa shape index (κ3) is 3.72. The molecule has 1 aliphatic rings. The highest BCUT2D eigenvalue weighted by molar-refractivity contribution is 6.34. The summed E-state index contributed by atoms with van der Waals surface area (Å²) in [6.07, 6.45) is 3.32. The van der Waals surface area contributed by atoms with Gasteiger partial charge in [0.25, 0.3) is 11.8 Å². The average molecular weight is 334 g/mol. The van der Waals surface area contributed by atoms with Gasteiger partial charge in [0.1, 0.15) is 12.0 Å². The lowest BCUT2D eigenvalue weighted by Crippen LogP contribution is -2.25. The van der Waals surface area contributed by atoms with Gasteiger partial charge in [-0.25, -0.2) is 0 Å². The molecule has 0 unspecified atom stereocenters. The molecule has 120 valence electrons. The standard InChI is InChI=1S/C16H16ClN3O3/c17-14-4-3-11(6-13(14)16(22)19-10-1-2-10)20-15(21)9-5-12(7-18)23-8-9/h3-6,8,10H,1-2,7,18H2,(H,19,22)(H,20,21). The number of rotatable bonds is 5. The van der Waals surface area contributed by atoms with Gasteiger partial charge in [-0.1, -0.05) is 11.6 Å². The average Bonchev–Trinajstić information content (AvgIpc) is 3.21. The zero-order chi connectivity index (χ0) is 16.4. The summed E-state index contributed by atoms with van der Waals surface area (Å²) in [5.41, 5.74) is 6.63. The zero-order valence-electron chi connectivity index (χ0n) is 12.3. The van der Waals surface area contributed by atoms with Crippen molar-refractivity contribution in [3.05, 3.63) is 52.4 Å². The summed E-state index contributed by atoms with van der Waals surface area (Å²) in [7, 11) is 0. The van der Waals surface area contributed by atoms with Crippen LogP contribution in [0, 0.1) is 0 Å². The van der Waals surface area contributed by atoms with Gasteiger partial charge < -0.3 is 20.8 Å². The molecule has 0 bridgehead atoms. The molecular formula is C16H16ClN3O3. The maximum atomic E-state index is 12.2. The Balaban J connectivity index is 1.74. The van der Waals surface area contributed by atoms with Crippen molar-refractivity contribution in [1.82, 2.24) is 5.32 Å². The quantitative estimate of drug-likeness (QED) is 0.783. The molecule has 23 heavy (non-hydrogen) atoms. The molecule has 7 heteroatoms.